The summed E-state index contributed by atoms with van der Waals surface area (Å²) in [7, 11) is 0. The van der Waals surface area contributed by atoms with E-state index in [0.29, 0.717) is 6.61 Å². The lowest BCUT2D eigenvalue weighted by Crippen LogP contribution is -2.75. The van der Waals surface area contributed by atoms with Gasteiger partial charge < -0.3 is 15.2 Å². The third-order valence-electron chi connectivity index (χ3n) is 4.53. The Balaban J connectivity index is 1.42. The molecule has 2 N–H and O–H groups in total. The van der Waals surface area contributed by atoms with Crippen molar-refractivity contribution < 1.29 is 14.6 Å². The van der Waals surface area contributed by atoms with Gasteiger partial charge in [-0.3, -0.25) is 0 Å². The highest BCUT2D eigenvalue weighted by molar-refractivity contribution is 5.69. The Bertz CT molecular complexity index is 513. The van der Waals surface area contributed by atoms with E-state index in [1.165, 1.54) is 0 Å². The normalized spacial score (nSPS) is 30.0. The van der Waals surface area contributed by atoms with Gasteiger partial charge in [0.1, 0.15) is 6.61 Å². The minimum atomic E-state index is -0.625. The number of amides is 1. The van der Waals surface area contributed by atoms with Crippen LogP contribution in [0, 0.1) is 5.41 Å². The van der Waals surface area contributed by atoms with Crippen molar-refractivity contribution >= 4 is 6.09 Å². The Morgan fingerprint density at radius 1 is 1.29 bits per heavy atom. The summed E-state index contributed by atoms with van der Waals surface area (Å²) in [6, 6.07) is 9.67. The Morgan fingerprint density at radius 3 is 2.48 bits per heavy atom. The van der Waals surface area contributed by atoms with Gasteiger partial charge in [0, 0.05) is 5.54 Å². The van der Waals surface area contributed by atoms with Crippen molar-refractivity contribution in [3.63, 3.8) is 0 Å². The second-order valence-corrected chi connectivity index (χ2v) is 7.49. The third-order valence-corrected chi connectivity index (χ3v) is 4.53. The van der Waals surface area contributed by atoms with Crippen LogP contribution in [0.15, 0.2) is 30.3 Å². The van der Waals surface area contributed by atoms with Crippen LogP contribution in [0.4, 0.5) is 4.79 Å². The molecule has 1 amide bonds. The molecule has 3 fully saturated rings. The van der Waals surface area contributed by atoms with E-state index in [-0.39, 0.29) is 17.0 Å². The van der Waals surface area contributed by atoms with E-state index in [1.54, 1.807) is 0 Å². The van der Waals surface area contributed by atoms with Gasteiger partial charge in [0.05, 0.1) is 5.60 Å². The first-order chi connectivity index (χ1) is 9.80. The molecule has 2 bridgehead atoms. The van der Waals surface area contributed by atoms with Gasteiger partial charge in [-0.2, -0.15) is 0 Å². The number of hydrogen-bond donors (Lipinski definition) is 2. The summed E-state index contributed by atoms with van der Waals surface area (Å²) in [5.41, 5.74) is 0.536. The molecule has 114 valence electrons. The lowest BCUT2D eigenvalue weighted by molar-refractivity contribution is -0.181. The van der Waals surface area contributed by atoms with Crippen LogP contribution in [-0.4, -0.2) is 22.3 Å². The number of alkyl carbamates (subject to hydrolysis) is 1. The summed E-state index contributed by atoms with van der Waals surface area (Å²) in [5, 5.41) is 12.9. The first kappa shape index (κ1) is 14.4. The van der Waals surface area contributed by atoms with Crippen LogP contribution in [0.1, 0.15) is 45.1 Å². The van der Waals surface area contributed by atoms with Crippen LogP contribution in [0.3, 0.4) is 0 Å². The molecule has 0 atom stereocenters. The standard InChI is InChI=1S/C17H23NO3/c1-15(2,20)9-16-10-17(11-16,12-16)18-14(19)21-8-13-6-4-3-5-7-13/h3-7,20H,8-12H2,1-2H3,(H,18,19). The van der Waals surface area contributed by atoms with E-state index in [0.717, 1.165) is 31.2 Å². The summed E-state index contributed by atoms with van der Waals surface area (Å²) in [5.74, 6) is 0. The fraction of sp³-hybridized carbons (Fsp3) is 0.588. The highest BCUT2D eigenvalue weighted by Gasteiger charge is 2.69. The Morgan fingerprint density at radius 2 is 1.90 bits per heavy atom. The average Bonchev–Trinajstić information content (AvgIpc) is 2.32. The molecule has 0 aromatic heterocycles. The highest BCUT2D eigenvalue weighted by Crippen LogP contribution is 2.69. The van der Waals surface area contributed by atoms with Crippen molar-refractivity contribution in [2.45, 2.75) is 57.3 Å². The summed E-state index contributed by atoms with van der Waals surface area (Å²) < 4.78 is 5.26. The predicted octanol–water partition coefficient (Wildman–Crippen LogP) is 3.00. The molecule has 0 spiro atoms. The number of rotatable bonds is 5. The molecule has 3 aliphatic rings. The molecule has 21 heavy (non-hydrogen) atoms. The monoisotopic (exact) mass is 289 g/mol. The minimum absolute atomic E-state index is 0.0704. The van der Waals surface area contributed by atoms with Gasteiger partial charge in [0.15, 0.2) is 0 Å². The molecule has 1 aromatic carbocycles. The minimum Gasteiger partial charge on any atom is -0.445 e. The molecule has 4 rings (SSSR count). The van der Waals surface area contributed by atoms with Crippen LogP contribution in [0.25, 0.3) is 0 Å². The second kappa shape index (κ2) is 4.73. The van der Waals surface area contributed by atoms with Crippen LogP contribution in [0.5, 0.6) is 0 Å². The van der Waals surface area contributed by atoms with Crippen molar-refractivity contribution in [1.82, 2.24) is 5.32 Å². The third kappa shape index (κ3) is 3.05. The molecule has 4 nitrogen and oxygen atoms in total. The van der Waals surface area contributed by atoms with E-state index in [4.69, 9.17) is 4.74 Å². The van der Waals surface area contributed by atoms with Gasteiger partial charge in [-0.05, 0) is 50.5 Å². The molecule has 3 aliphatic carbocycles. The number of ether oxygens (including phenoxy) is 1. The van der Waals surface area contributed by atoms with Crippen molar-refractivity contribution in [2.24, 2.45) is 5.41 Å². The molecule has 0 unspecified atom stereocenters. The molecular formula is C17H23NO3. The first-order valence-electron chi connectivity index (χ1n) is 7.51. The molecule has 0 saturated heterocycles. The molecule has 0 aliphatic heterocycles. The first-order valence-corrected chi connectivity index (χ1v) is 7.51. The zero-order valence-electron chi connectivity index (χ0n) is 12.7. The number of hydrogen-bond acceptors (Lipinski definition) is 3. The molecule has 3 saturated carbocycles. The van der Waals surface area contributed by atoms with E-state index in [1.807, 2.05) is 44.2 Å². The maximum absolute atomic E-state index is 11.9. The Hall–Kier alpha value is -1.55. The highest BCUT2D eigenvalue weighted by atomic mass is 16.5. The zero-order chi connectivity index (χ0) is 15.1. The quantitative estimate of drug-likeness (QED) is 0.876. The number of aliphatic hydroxyl groups is 1. The zero-order valence-corrected chi connectivity index (χ0v) is 12.7. The number of carbonyl (C=O) groups excluding carboxylic acids is 1. The molecule has 0 radical (unpaired) electrons. The average molecular weight is 289 g/mol. The molecule has 0 heterocycles. The Kier molecular flexibility index (Phi) is 3.24. The van der Waals surface area contributed by atoms with Crippen molar-refractivity contribution in [2.75, 3.05) is 0 Å². The fourth-order valence-electron chi connectivity index (χ4n) is 4.21. The van der Waals surface area contributed by atoms with Gasteiger partial charge in [0.25, 0.3) is 0 Å². The summed E-state index contributed by atoms with van der Waals surface area (Å²) in [6.07, 6.45) is 3.36. The van der Waals surface area contributed by atoms with E-state index in [2.05, 4.69) is 5.32 Å². The Labute approximate surface area is 125 Å². The maximum Gasteiger partial charge on any atom is 0.407 e. The molecule has 1 aromatic rings. The van der Waals surface area contributed by atoms with Crippen LogP contribution in [-0.2, 0) is 11.3 Å². The number of carbonyl (C=O) groups is 1. The maximum atomic E-state index is 11.9. The fourth-order valence-corrected chi connectivity index (χ4v) is 4.21. The smallest absolute Gasteiger partial charge is 0.407 e. The number of nitrogens with one attached hydrogen (secondary N) is 1. The van der Waals surface area contributed by atoms with Gasteiger partial charge in [-0.15, -0.1) is 0 Å². The lowest BCUT2D eigenvalue weighted by atomic mass is 9.37. The van der Waals surface area contributed by atoms with E-state index < -0.39 is 5.60 Å². The van der Waals surface area contributed by atoms with Crippen molar-refractivity contribution in [3.05, 3.63) is 35.9 Å². The second-order valence-electron chi connectivity index (χ2n) is 7.49. The number of benzene rings is 1. The van der Waals surface area contributed by atoms with Crippen LogP contribution in [0.2, 0.25) is 0 Å². The lowest BCUT2D eigenvalue weighted by Gasteiger charge is -2.71. The summed E-state index contributed by atoms with van der Waals surface area (Å²) in [4.78, 5) is 11.9. The topological polar surface area (TPSA) is 58.6 Å². The predicted molar refractivity (Wildman–Crippen MR) is 79.7 cm³/mol. The largest absolute Gasteiger partial charge is 0.445 e. The van der Waals surface area contributed by atoms with Crippen molar-refractivity contribution in [1.29, 1.82) is 0 Å². The van der Waals surface area contributed by atoms with Crippen LogP contribution < -0.4 is 5.32 Å². The molecule has 4 heteroatoms. The van der Waals surface area contributed by atoms with Gasteiger partial charge in [0.2, 0.25) is 0 Å². The van der Waals surface area contributed by atoms with E-state index >= 15 is 0 Å². The van der Waals surface area contributed by atoms with Gasteiger partial charge in [-0.25, -0.2) is 4.79 Å². The summed E-state index contributed by atoms with van der Waals surface area (Å²) >= 11 is 0. The van der Waals surface area contributed by atoms with Gasteiger partial charge >= 0.3 is 6.09 Å². The van der Waals surface area contributed by atoms with Crippen LogP contribution >= 0.6 is 0 Å². The van der Waals surface area contributed by atoms with Crippen molar-refractivity contribution in [3.8, 4) is 0 Å². The van der Waals surface area contributed by atoms with Gasteiger partial charge in [-0.1, -0.05) is 30.3 Å². The summed E-state index contributed by atoms with van der Waals surface area (Å²) in [6.45, 7) is 4.00. The SMILES string of the molecule is CC(C)(O)CC12CC(NC(=O)OCc3ccccc3)(C1)C2. The van der Waals surface area contributed by atoms with E-state index in [9.17, 15) is 9.90 Å². The molecular weight excluding hydrogens is 266 g/mol.